The Hall–Kier alpha value is -3.07. The van der Waals surface area contributed by atoms with Crippen LogP contribution in [0.5, 0.6) is 5.75 Å². The van der Waals surface area contributed by atoms with Gasteiger partial charge >= 0.3 is 5.97 Å². The maximum Gasteiger partial charge on any atom is 0.335 e. The van der Waals surface area contributed by atoms with Crippen LogP contribution in [0.3, 0.4) is 0 Å². The minimum atomic E-state index is -3.93. The zero-order valence-electron chi connectivity index (χ0n) is 18.7. The maximum absolute atomic E-state index is 13.6. The number of ether oxygens (including phenoxy) is 2. The van der Waals surface area contributed by atoms with E-state index in [1.807, 2.05) is 6.92 Å². The van der Waals surface area contributed by atoms with Gasteiger partial charge in [-0.25, -0.2) is 13.2 Å². The summed E-state index contributed by atoms with van der Waals surface area (Å²) in [6.45, 7) is 2.87. The maximum atomic E-state index is 13.6. The number of sulfonamides is 1. The van der Waals surface area contributed by atoms with Gasteiger partial charge in [0.05, 0.1) is 29.3 Å². The van der Waals surface area contributed by atoms with Crippen molar-refractivity contribution in [1.29, 1.82) is 0 Å². The molecular formula is C25H26ClNO6S. The molecule has 0 aliphatic carbocycles. The summed E-state index contributed by atoms with van der Waals surface area (Å²) in [6, 6.07) is 19.2. The fourth-order valence-corrected chi connectivity index (χ4v) is 4.83. The molecule has 0 radical (unpaired) electrons. The van der Waals surface area contributed by atoms with Crippen molar-refractivity contribution in [2.45, 2.75) is 24.8 Å². The number of carboxylic acids is 1. The first-order valence-electron chi connectivity index (χ1n) is 10.7. The fourth-order valence-electron chi connectivity index (χ4n) is 3.20. The van der Waals surface area contributed by atoms with E-state index in [1.54, 1.807) is 48.5 Å². The summed E-state index contributed by atoms with van der Waals surface area (Å²) in [5.41, 5.74) is 1.19. The minimum absolute atomic E-state index is 0.0707. The molecule has 0 unspecified atom stereocenters. The Kier molecular flexibility index (Phi) is 8.92. The Labute approximate surface area is 204 Å². The van der Waals surface area contributed by atoms with Crippen molar-refractivity contribution in [2.75, 3.05) is 24.1 Å². The Bertz CT molecular complexity index is 1200. The molecule has 9 heteroatoms. The van der Waals surface area contributed by atoms with Crippen LogP contribution in [0.2, 0.25) is 5.02 Å². The lowest BCUT2D eigenvalue weighted by molar-refractivity contribution is 0.0697. The Balaban J connectivity index is 1.93. The van der Waals surface area contributed by atoms with E-state index in [2.05, 4.69) is 0 Å². The van der Waals surface area contributed by atoms with Gasteiger partial charge in [-0.05, 0) is 54.4 Å². The van der Waals surface area contributed by atoms with E-state index >= 15 is 0 Å². The van der Waals surface area contributed by atoms with Gasteiger partial charge in [-0.2, -0.15) is 0 Å². The number of hydrogen-bond donors (Lipinski definition) is 1. The number of nitrogens with zero attached hydrogens (tertiary/aromatic N) is 1. The van der Waals surface area contributed by atoms with Crippen molar-refractivity contribution >= 4 is 33.3 Å². The van der Waals surface area contributed by atoms with Gasteiger partial charge in [0, 0.05) is 11.6 Å². The lowest BCUT2D eigenvalue weighted by Gasteiger charge is -2.26. The molecule has 3 rings (SSSR count). The molecule has 3 aromatic carbocycles. The number of hydrogen-bond acceptors (Lipinski definition) is 5. The van der Waals surface area contributed by atoms with Crippen LogP contribution in [0, 0.1) is 0 Å². The van der Waals surface area contributed by atoms with Gasteiger partial charge in [0.2, 0.25) is 0 Å². The third kappa shape index (κ3) is 6.50. The van der Waals surface area contributed by atoms with Crippen LogP contribution in [-0.2, 0) is 21.4 Å². The highest BCUT2D eigenvalue weighted by molar-refractivity contribution is 7.92. The van der Waals surface area contributed by atoms with Crippen molar-refractivity contribution in [3.8, 4) is 5.75 Å². The summed E-state index contributed by atoms with van der Waals surface area (Å²) in [4.78, 5) is 11.2. The molecule has 0 aromatic heterocycles. The highest BCUT2D eigenvalue weighted by Crippen LogP contribution is 2.35. The van der Waals surface area contributed by atoms with Crippen LogP contribution in [0.1, 0.15) is 29.3 Å². The monoisotopic (exact) mass is 503 g/mol. The number of rotatable bonds is 12. The van der Waals surface area contributed by atoms with Crippen molar-refractivity contribution < 1.29 is 27.8 Å². The van der Waals surface area contributed by atoms with Gasteiger partial charge in [-0.3, -0.25) is 4.31 Å². The van der Waals surface area contributed by atoms with E-state index < -0.39 is 16.0 Å². The molecular weight excluding hydrogens is 478 g/mol. The molecule has 0 fully saturated rings. The van der Waals surface area contributed by atoms with Crippen LogP contribution in [0.15, 0.2) is 77.7 Å². The smallest absolute Gasteiger partial charge is 0.335 e. The van der Waals surface area contributed by atoms with Crippen molar-refractivity contribution in [1.82, 2.24) is 0 Å². The molecule has 3 aromatic rings. The van der Waals surface area contributed by atoms with Crippen LogP contribution in [-0.4, -0.2) is 39.3 Å². The molecule has 0 aliphatic rings. The zero-order valence-corrected chi connectivity index (χ0v) is 20.3. The SMILES string of the molecule is CCCOCCN(c1cc(Cl)ccc1OCc1ccc(C(=O)O)cc1)S(=O)(=O)c1ccccc1. The van der Waals surface area contributed by atoms with Crippen LogP contribution < -0.4 is 9.04 Å². The quantitative estimate of drug-likeness (QED) is 0.340. The second-order valence-electron chi connectivity index (χ2n) is 7.41. The number of benzene rings is 3. The number of carboxylic acid groups (broad SMARTS) is 1. The van der Waals surface area contributed by atoms with Gasteiger partial charge in [0.15, 0.2) is 0 Å². The lowest BCUT2D eigenvalue weighted by atomic mass is 10.1. The minimum Gasteiger partial charge on any atom is -0.487 e. The first-order valence-corrected chi connectivity index (χ1v) is 12.5. The summed E-state index contributed by atoms with van der Waals surface area (Å²) < 4.78 is 39.9. The molecule has 0 amide bonds. The molecule has 1 N–H and O–H groups in total. The predicted octanol–water partition coefficient (Wildman–Crippen LogP) is 5.24. The summed E-state index contributed by atoms with van der Waals surface area (Å²) in [5.74, 6) is -0.693. The van der Waals surface area contributed by atoms with Gasteiger partial charge < -0.3 is 14.6 Å². The van der Waals surface area contributed by atoms with E-state index in [-0.39, 0.29) is 30.2 Å². The number of anilines is 1. The number of halogens is 1. The van der Waals surface area contributed by atoms with Gasteiger partial charge in [0.1, 0.15) is 12.4 Å². The Morgan fingerprint density at radius 3 is 2.35 bits per heavy atom. The normalized spacial score (nSPS) is 11.2. The van der Waals surface area contributed by atoms with E-state index in [1.165, 1.54) is 28.6 Å². The molecule has 0 heterocycles. The Morgan fingerprint density at radius 2 is 1.71 bits per heavy atom. The second-order valence-corrected chi connectivity index (χ2v) is 9.70. The molecule has 34 heavy (non-hydrogen) atoms. The van der Waals surface area contributed by atoms with Gasteiger partial charge in [-0.15, -0.1) is 0 Å². The zero-order chi connectivity index (χ0) is 24.6. The predicted molar refractivity (Wildman–Crippen MR) is 131 cm³/mol. The molecule has 180 valence electrons. The summed E-state index contributed by atoms with van der Waals surface area (Å²) in [7, 11) is -3.93. The topological polar surface area (TPSA) is 93.1 Å². The van der Waals surface area contributed by atoms with Gasteiger partial charge in [-0.1, -0.05) is 48.9 Å². The first kappa shape index (κ1) is 25.6. The highest BCUT2D eigenvalue weighted by Gasteiger charge is 2.27. The van der Waals surface area contributed by atoms with E-state index in [0.717, 1.165) is 12.0 Å². The molecule has 0 saturated heterocycles. The van der Waals surface area contributed by atoms with Crippen LogP contribution in [0.25, 0.3) is 0 Å². The van der Waals surface area contributed by atoms with Crippen LogP contribution in [0.4, 0.5) is 5.69 Å². The largest absolute Gasteiger partial charge is 0.487 e. The fraction of sp³-hybridized carbons (Fsp3) is 0.240. The average Bonchev–Trinajstić information content (AvgIpc) is 2.84. The van der Waals surface area contributed by atoms with Crippen molar-refractivity contribution in [2.24, 2.45) is 0 Å². The van der Waals surface area contributed by atoms with Crippen molar-refractivity contribution in [3.63, 3.8) is 0 Å². The molecule has 0 aliphatic heterocycles. The highest BCUT2D eigenvalue weighted by atomic mass is 35.5. The van der Waals surface area contributed by atoms with Gasteiger partial charge in [0.25, 0.3) is 10.0 Å². The number of carbonyl (C=O) groups is 1. The molecule has 0 spiro atoms. The summed E-state index contributed by atoms with van der Waals surface area (Å²) in [6.07, 6.45) is 0.817. The summed E-state index contributed by atoms with van der Waals surface area (Å²) in [5, 5.41) is 9.42. The van der Waals surface area contributed by atoms with E-state index in [9.17, 15) is 13.2 Å². The molecule has 0 atom stereocenters. The molecule has 0 saturated carbocycles. The number of aromatic carboxylic acids is 1. The molecule has 7 nitrogen and oxygen atoms in total. The lowest BCUT2D eigenvalue weighted by Crippen LogP contribution is -2.34. The molecule has 0 bridgehead atoms. The summed E-state index contributed by atoms with van der Waals surface area (Å²) >= 11 is 6.24. The standard InChI is InChI=1S/C25H26ClNO6S/c1-2-15-32-16-14-27(34(30,31)22-6-4-3-5-7-22)23-17-21(26)12-13-24(23)33-18-19-8-10-20(11-9-19)25(28)29/h3-13,17H,2,14-16,18H2,1H3,(H,28,29). The first-order chi connectivity index (χ1) is 16.3. The van der Waals surface area contributed by atoms with Crippen molar-refractivity contribution in [3.05, 3.63) is 88.9 Å². The Morgan fingerprint density at radius 1 is 1.00 bits per heavy atom. The van der Waals surface area contributed by atoms with Crippen LogP contribution >= 0.6 is 11.6 Å². The average molecular weight is 504 g/mol. The second kappa shape index (κ2) is 11.9. The third-order valence-electron chi connectivity index (χ3n) is 4.90. The van der Waals surface area contributed by atoms with E-state index in [4.69, 9.17) is 26.2 Å². The van der Waals surface area contributed by atoms with E-state index in [0.29, 0.717) is 23.1 Å². The third-order valence-corrected chi connectivity index (χ3v) is 6.97.